The summed E-state index contributed by atoms with van der Waals surface area (Å²) in [6.45, 7) is -1.46. The molecule has 2 aromatic rings. The third kappa shape index (κ3) is 5.04. The van der Waals surface area contributed by atoms with Crippen LogP contribution in [0, 0.1) is 0 Å². The predicted octanol–water partition coefficient (Wildman–Crippen LogP) is 4.61. The highest BCUT2D eigenvalue weighted by Crippen LogP contribution is 2.35. The molecule has 9 heteroatoms. The first-order chi connectivity index (χ1) is 14.4. The first-order valence-corrected chi connectivity index (χ1v) is 9.76. The van der Waals surface area contributed by atoms with Crippen LogP contribution in [0.1, 0.15) is 22.8 Å². The Bertz CT molecular complexity index is 994. The van der Waals surface area contributed by atoms with E-state index in [0.29, 0.717) is 22.9 Å². The molecule has 0 saturated carbocycles. The van der Waals surface area contributed by atoms with Crippen molar-refractivity contribution in [3.8, 4) is 11.5 Å². The van der Waals surface area contributed by atoms with Gasteiger partial charge in [-0.2, -0.15) is 8.78 Å². The molecule has 0 aliphatic carbocycles. The van der Waals surface area contributed by atoms with Gasteiger partial charge in [-0.1, -0.05) is 36.4 Å². The van der Waals surface area contributed by atoms with Crippen LogP contribution in [-0.2, 0) is 4.79 Å². The average molecular weight is 433 g/mol. The molecule has 0 spiro atoms. The normalized spacial score (nSPS) is 15.2. The first kappa shape index (κ1) is 21.5. The Morgan fingerprint density at radius 2 is 1.87 bits per heavy atom. The van der Waals surface area contributed by atoms with E-state index in [-0.39, 0.29) is 35.3 Å². The van der Waals surface area contributed by atoms with Crippen LogP contribution in [0.3, 0.4) is 0 Å². The second-order valence-corrected chi connectivity index (χ2v) is 7.07. The van der Waals surface area contributed by atoms with E-state index >= 15 is 0 Å². The number of Topliss-reactive ketones (excluding diaryl/α,β-unsaturated/α-hetero) is 1. The molecular formula is C21H17F2NO5S. The second kappa shape index (κ2) is 9.53. The molecule has 1 fully saturated rings. The highest BCUT2D eigenvalue weighted by atomic mass is 32.2. The van der Waals surface area contributed by atoms with E-state index in [1.165, 1.54) is 24.3 Å². The number of alkyl halides is 2. The van der Waals surface area contributed by atoms with Crippen LogP contribution in [0.5, 0.6) is 11.5 Å². The minimum Gasteiger partial charge on any atom is -0.490 e. The van der Waals surface area contributed by atoms with E-state index in [0.717, 1.165) is 4.90 Å². The Hall–Kier alpha value is -3.20. The number of thioether (sulfide) groups is 1. The zero-order valence-corrected chi connectivity index (χ0v) is 16.7. The Morgan fingerprint density at radius 3 is 2.53 bits per heavy atom. The van der Waals surface area contributed by atoms with Crippen molar-refractivity contribution in [2.75, 3.05) is 13.2 Å². The van der Waals surface area contributed by atoms with Gasteiger partial charge in [0.15, 0.2) is 17.3 Å². The molecular weight excluding hydrogens is 416 g/mol. The van der Waals surface area contributed by atoms with Gasteiger partial charge in [0.25, 0.3) is 11.1 Å². The van der Waals surface area contributed by atoms with Crippen molar-refractivity contribution in [1.29, 1.82) is 0 Å². The summed E-state index contributed by atoms with van der Waals surface area (Å²) in [5.74, 6) is -0.998. The number of hydrogen-bond donors (Lipinski definition) is 0. The third-order valence-electron chi connectivity index (χ3n) is 4.05. The van der Waals surface area contributed by atoms with Crippen LogP contribution < -0.4 is 9.47 Å². The Labute approximate surface area is 175 Å². The van der Waals surface area contributed by atoms with E-state index in [1.54, 1.807) is 37.3 Å². The molecule has 0 unspecified atom stereocenters. The molecule has 1 saturated heterocycles. The second-order valence-electron chi connectivity index (χ2n) is 6.07. The van der Waals surface area contributed by atoms with Crippen molar-refractivity contribution in [2.45, 2.75) is 13.5 Å². The Balaban J connectivity index is 1.79. The maximum atomic E-state index is 12.6. The molecule has 0 radical (unpaired) electrons. The fraction of sp³-hybridized carbons (Fsp3) is 0.190. The van der Waals surface area contributed by atoms with E-state index in [1.807, 2.05) is 0 Å². The zero-order chi connectivity index (χ0) is 21.7. The summed E-state index contributed by atoms with van der Waals surface area (Å²) in [5.41, 5.74) is 0.858. The lowest BCUT2D eigenvalue weighted by Crippen LogP contribution is -2.33. The van der Waals surface area contributed by atoms with Crippen molar-refractivity contribution in [3.05, 3.63) is 64.6 Å². The summed E-state index contributed by atoms with van der Waals surface area (Å²) in [7, 11) is 0. The molecule has 1 aliphatic heterocycles. The topological polar surface area (TPSA) is 72.9 Å². The summed E-state index contributed by atoms with van der Waals surface area (Å²) < 4.78 is 34.8. The van der Waals surface area contributed by atoms with Gasteiger partial charge in [0.05, 0.1) is 18.1 Å². The number of halogens is 2. The van der Waals surface area contributed by atoms with Crippen LogP contribution in [-0.4, -0.2) is 41.6 Å². The summed E-state index contributed by atoms with van der Waals surface area (Å²) in [6.07, 6.45) is 1.44. The molecule has 1 heterocycles. The number of rotatable bonds is 8. The van der Waals surface area contributed by atoms with Gasteiger partial charge in [0.1, 0.15) is 0 Å². The van der Waals surface area contributed by atoms with Crippen molar-refractivity contribution in [2.24, 2.45) is 0 Å². The fourth-order valence-corrected chi connectivity index (χ4v) is 3.56. The average Bonchev–Trinajstić information content (AvgIpc) is 2.98. The molecule has 2 amide bonds. The van der Waals surface area contributed by atoms with Gasteiger partial charge in [0.2, 0.25) is 0 Å². The summed E-state index contributed by atoms with van der Waals surface area (Å²) >= 11 is 0.702. The number of ether oxygens (including phenoxy) is 2. The van der Waals surface area contributed by atoms with Crippen LogP contribution in [0.15, 0.2) is 53.4 Å². The standard InChI is InChI=1S/C21H17F2NO5S/c1-2-28-17-10-13(8-9-16(17)29-20(22)23)11-18-19(26)24(21(27)30-18)12-15(25)14-6-4-3-5-7-14/h3-11,20H,2,12H2,1H3/b18-11-. The molecule has 0 N–H and O–H groups in total. The lowest BCUT2D eigenvalue weighted by molar-refractivity contribution is -0.122. The molecule has 0 atom stereocenters. The Kier molecular flexibility index (Phi) is 6.83. The third-order valence-corrected chi connectivity index (χ3v) is 4.96. The van der Waals surface area contributed by atoms with E-state index < -0.39 is 17.8 Å². The summed E-state index contributed by atoms with van der Waals surface area (Å²) in [5, 5.41) is -0.557. The quantitative estimate of drug-likeness (QED) is 0.447. The highest BCUT2D eigenvalue weighted by molar-refractivity contribution is 8.18. The lowest BCUT2D eigenvalue weighted by atomic mass is 10.1. The maximum Gasteiger partial charge on any atom is 0.387 e. The number of nitrogens with zero attached hydrogens (tertiary/aromatic N) is 1. The van der Waals surface area contributed by atoms with Crippen LogP contribution in [0.4, 0.5) is 13.6 Å². The number of hydrogen-bond acceptors (Lipinski definition) is 6. The number of benzene rings is 2. The minimum absolute atomic E-state index is 0.0880. The van der Waals surface area contributed by atoms with Crippen LogP contribution in [0.2, 0.25) is 0 Å². The molecule has 6 nitrogen and oxygen atoms in total. The van der Waals surface area contributed by atoms with Gasteiger partial charge in [-0.3, -0.25) is 19.3 Å². The Morgan fingerprint density at radius 1 is 1.13 bits per heavy atom. The van der Waals surface area contributed by atoms with Crippen LogP contribution in [0.25, 0.3) is 6.08 Å². The molecule has 0 aromatic heterocycles. The summed E-state index contributed by atoms with van der Waals surface area (Å²) in [6, 6.07) is 12.6. The molecule has 0 bridgehead atoms. The zero-order valence-electron chi connectivity index (χ0n) is 15.8. The van der Waals surface area contributed by atoms with E-state index in [2.05, 4.69) is 4.74 Å². The lowest BCUT2D eigenvalue weighted by Gasteiger charge is -2.12. The van der Waals surface area contributed by atoms with Gasteiger partial charge >= 0.3 is 6.61 Å². The van der Waals surface area contributed by atoms with Crippen LogP contribution >= 0.6 is 11.8 Å². The molecule has 156 valence electrons. The van der Waals surface area contributed by atoms with Crippen molar-refractivity contribution >= 4 is 34.8 Å². The maximum absolute atomic E-state index is 12.6. The molecule has 30 heavy (non-hydrogen) atoms. The predicted molar refractivity (Wildman–Crippen MR) is 108 cm³/mol. The smallest absolute Gasteiger partial charge is 0.387 e. The van der Waals surface area contributed by atoms with Gasteiger partial charge in [0, 0.05) is 5.56 Å². The monoisotopic (exact) mass is 433 g/mol. The number of carbonyl (C=O) groups excluding carboxylic acids is 3. The molecule has 3 rings (SSSR count). The van der Waals surface area contributed by atoms with Gasteiger partial charge < -0.3 is 9.47 Å². The number of ketones is 1. The molecule has 1 aliphatic rings. The number of carbonyl (C=O) groups is 3. The van der Waals surface area contributed by atoms with Gasteiger partial charge in [-0.25, -0.2) is 0 Å². The SMILES string of the molecule is CCOc1cc(/C=C2\SC(=O)N(CC(=O)c3ccccc3)C2=O)ccc1OC(F)F. The highest BCUT2D eigenvalue weighted by Gasteiger charge is 2.36. The van der Waals surface area contributed by atoms with E-state index in [4.69, 9.17) is 4.74 Å². The minimum atomic E-state index is -3.01. The summed E-state index contributed by atoms with van der Waals surface area (Å²) in [4.78, 5) is 38.2. The van der Waals surface area contributed by atoms with Gasteiger partial charge in [-0.15, -0.1) is 0 Å². The number of imide groups is 1. The van der Waals surface area contributed by atoms with E-state index in [9.17, 15) is 23.2 Å². The van der Waals surface area contributed by atoms with Crippen molar-refractivity contribution < 1.29 is 32.6 Å². The fourth-order valence-electron chi connectivity index (χ4n) is 2.72. The van der Waals surface area contributed by atoms with Gasteiger partial charge in [-0.05, 0) is 42.5 Å². The first-order valence-electron chi connectivity index (χ1n) is 8.94. The largest absolute Gasteiger partial charge is 0.490 e. The molecule has 2 aromatic carbocycles. The van der Waals surface area contributed by atoms with Crippen molar-refractivity contribution in [1.82, 2.24) is 4.90 Å². The number of amides is 2. The van der Waals surface area contributed by atoms with Crippen molar-refractivity contribution in [3.63, 3.8) is 0 Å².